The molecule has 1 saturated heterocycles. The van der Waals surface area contributed by atoms with Crippen LogP contribution in [0.1, 0.15) is 18.0 Å². The summed E-state index contributed by atoms with van der Waals surface area (Å²) in [7, 11) is 0. The highest BCUT2D eigenvalue weighted by atomic mass is 35.5. The van der Waals surface area contributed by atoms with Crippen LogP contribution in [0, 0.1) is 5.82 Å². The molecule has 0 aliphatic carbocycles. The van der Waals surface area contributed by atoms with Gasteiger partial charge in [0.05, 0.1) is 22.0 Å². The molecule has 0 bridgehead atoms. The summed E-state index contributed by atoms with van der Waals surface area (Å²) in [5.41, 5.74) is -0.816. The van der Waals surface area contributed by atoms with Gasteiger partial charge >= 0.3 is 5.69 Å². The molecule has 186 valence electrons. The smallest absolute Gasteiger partial charge is 0.320 e. The van der Waals surface area contributed by atoms with Crippen LogP contribution in [-0.4, -0.2) is 50.1 Å². The summed E-state index contributed by atoms with van der Waals surface area (Å²) >= 11 is 5.92. The molecule has 0 spiro atoms. The van der Waals surface area contributed by atoms with Gasteiger partial charge in [0.15, 0.2) is 0 Å². The minimum Gasteiger partial charge on any atom is -0.320 e. The zero-order chi connectivity index (χ0) is 25.6. The molecule has 4 aromatic rings. The maximum atomic E-state index is 14.7. The molecule has 0 saturated carbocycles. The van der Waals surface area contributed by atoms with E-state index in [0.29, 0.717) is 5.39 Å². The van der Waals surface area contributed by atoms with E-state index >= 15 is 0 Å². The van der Waals surface area contributed by atoms with Crippen molar-refractivity contribution in [3.63, 3.8) is 0 Å². The lowest BCUT2D eigenvalue weighted by Crippen LogP contribution is -2.46. The van der Waals surface area contributed by atoms with Crippen molar-refractivity contribution >= 4 is 45.4 Å². The highest BCUT2D eigenvalue weighted by Gasteiger charge is 2.33. The van der Waals surface area contributed by atoms with Gasteiger partial charge in [0.1, 0.15) is 23.7 Å². The highest BCUT2D eigenvalue weighted by molar-refractivity contribution is 6.30. The van der Waals surface area contributed by atoms with Crippen LogP contribution < -0.4 is 21.9 Å². The number of carbonyl (C=O) groups is 2. The Kier molecular flexibility index (Phi) is 6.14. The van der Waals surface area contributed by atoms with E-state index in [1.807, 2.05) is 0 Å². The number of hydrogen-bond acceptors (Lipinski definition) is 6. The van der Waals surface area contributed by atoms with Crippen molar-refractivity contribution in [2.75, 3.05) is 6.54 Å². The van der Waals surface area contributed by atoms with E-state index in [-0.39, 0.29) is 46.5 Å². The van der Waals surface area contributed by atoms with E-state index < -0.39 is 47.1 Å². The first kappa shape index (κ1) is 23.8. The van der Waals surface area contributed by atoms with Gasteiger partial charge in [0.25, 0.3) is 5.56 Å². The molecule has 0 unspecified atom stereocenters. The second-order valence-electron chi connectivity index (χ2n) is 8.50. The van der Waals surface area contributed by atoms with Crippen molar-refractivity contribution in [1.82, 2.24) is 30.2 Å². The number of hydrogen-bond donors (Lipinski definition) is 4. The molecule has 1 aliphatic heterocycles. The maximum absolute atomic E-state index is 14.7. The summed E-state index contributed by atoms with van der Waals surface area (Å²) in [5, 5.41) is 5.35. The van der Waals surface area contributed by atoms with Crippen LogP contribution in [0.25, 0.3) is 21.9 Å². The van der Waals surface area contributed by atoms with Gasteiger partial charge < -0.3 is 14.9 Å². The number of carbonyl (C=O) groups excluding carboxylic acids is 2. The number of halogens is 3. The molecule has 2 amide bonds. The van der Waals surface area contributed by atoms with Crippen LogP contribution in [-0.2, 0) is 16.0 Å². The molecule has 4 heterocycles. The first-order valence-corrected chi connectivity index (χ1v) is 11.4. The maximum Gasteiger partial charge on any atom is 0.326 e. The lowest BCUT2D eigenvalue weighted by atomic mass is 10.0. The minimum atomic E-state index is -1.21. The molecular formula is C23H19ClF2N6O4. The number of H-pyrrole nitrogens is 2. The molecule has 1 fully saturated rings. The number of amides is 2. The summed E-state index contributed by atoms with van der Waals surface area (Å²) in [5.74, 6) is -2.20. The number of aromatic amines is 2. The predicted octanol–water partition coefficient (Wildman–Crippen LogP) is 1.49. The fourth-order valence-corrected chi connectivity index (χ4v) is 4.59. The van der Waals surface area contributed by atoms with Crippen molar-refractivity contribution in [1.29, 1.82) is 0 Å². The number of alkyl halides is 1. The molecular weight excluding hydrogens is 498 g/mol. The van der Waals surface area contributed by atoms with E-state index in [9.17, 15) is 28.0 Å². The Bertz CT molecular complexity index is 1630. The van der Waals surface area contributed by atoms with Crippen LogP contribution >= 0.6 is 11.6 Å². The number of nitrogens with zero attached hydrogens (tertiary/aromatic N) is 2. The summed E-state index contributed by atoms with van der Waals surface area (Å²) in [4.78, 5) is 58.9. The molecule has 1 aromatic carbocycles. The number of benzene rings is 1. The van der Waals surface area contributed by atoms with Crippen molar-refractivity contribution in [2.24, 2.45) is 0 Å². The van der Waals surface area contributed by atoms with Crippen LogP contribution in [0.5, 0.6) is 0 Å². The van der Waals surface area contributed by atoms with Gasteiger partial charge in [0, 0.05) is 37.2 Å². The standard InChI is InChI=1S/C23H19ClF2N6O4/c24-14-3-1-2-10(17(14)26)6-16(22(35)30-21(34)15-7-11(25)8-27-15)32-5-4-12-18-13(9-28-19(12)32)20(33)31-23(36)29-18/h1-5,9,11,15-16,27H,6-8H2,(H,30,34,35)(H2,29,31,33,36)/t11-,15+,16+/m1/s1. The Morgan fingerprint density at radius 3 is 2.78 bits per heavy atom. The molecule has 0 radical (unpaired) electrons. The topological polar surface area (TPSA) is 142 Å². The summed E-state index contributed by atoms with van der Waals surface area (Å²) in [6.45, 7) is -0.00000273. The third kappa shape index (κ3) is 4.29. The van der Waals surface area contributed by atoms with Crippen molar-refractivity contribution < 1.29 is 18.4 Å². The largest absolute Gasteiger partial charge is 0.326 e. The number of fused-ring (bicyclic) bond motifs is 3. The minimum absolute atomic E-state index is 0.00000273. The highest BCUT2D eigenvalue weighted by Crippen LogP contribution is 2.27. The second kappa shape index (κ2) is 9.28. The van der Waals surface area contributed by atoms with Crippen LogP contribution in [0.2, 0.25) is 5.02 Å². The molecule has 1 aliphatic rings. The summed E-state index contributed by atoms with van der Waals surface area (Å²) in [6, 6.07) is 3.84. The fraction of sp³-hybridized carbons (Fsp3) is 0.261. The lowest BCUT2D eigenvalue weighted by molar-refractivity contribution is -0.133. The number of rotatable bonds is 5. The van der Waals surface area contributed by atoms with Gasteiger partial charge in [0.2, 0.25) is 11.8 Å². The fourth-order valence-electron chi connectivity index (χ4n) is 4.40. The number of imide groups is 1. The van der Waals surface area contributed by atoms with Gasteiger partial charge in [-0.15, -0.1) is 0 Å². The first-order chi connectivity index (χ1) is 17.2. The molecule has 10 nitrogen and oxygen atoms in total. The van der Waals surface area contributed by atoms with Gasteiger partial charge in [-0.05, 0) is 17.7 Å². The van der Waals surface area contributed by atoms with Gasteiger partial charge in [-0.2, -0.15) is 0 Å². The first-order valence-electron chi connectivity index (χ1n) is 11.0. The number of nitrogens with one attached hydrogen (secondary N) is 4. The number of pyridine rings is 1. The molecule has 13 heteroatoms. The van der Waals surface area contributed by atoms with Crippen molar-refractivity contribution in [3.8, 4) is 0 Å². The van der Waals surface area contributed by atoms with E-state index in [2.05, 4.69) is 25.6 Å². The van der Waals surface area contributed by atoms with Crippen molar-refractivity contribution in [3.05, 3.63) is 73.9 Å². The summed E-state index contributed by atoms with van der Waals surface area (Å²) < 4.78 is 29.7. The van der Waals surface area contributed by atoms with Gasteiger partial charge in [-0.25, -0.2) is 18.6 Å². The Balaban J connectivity index is 1.58. The SMILES string of the molecule is O=C(NC(=O)[C@H](Cc1cccc(Cl)c1F)n1ccc2c3[nH]c(=O)[nH]c(=O)c3cnc21)[C@@H]1C[C@@H](F)CN1. The molecule has 3 atom stereocenters. The Morgan fingerprint density at radius 1 is 1.22 bits per heavy atom. The zero-order valence-corrected chi connectivity index (χ0v) is 19.2. The van der Waals surface area contributed by atoms with Crippen LogP contribution in [0.15, 0.2) is 46.2 Å². The van der Waals surface area contributed by atoms with E-state index in [4.69, 9.17) is 11.6 Å². The molecule has 3 aromatic heterocycles. The van der Waals surface area contributed by atoms with E-state index in [1.54, 1.807) is 6.07 Å². The normalized spacial score (nSPS) is 18.5. The Hall–Kier alpha value is -3.90. The quantitative estimate of drug-likeness (QED) is 0.316. The second-order valence-corrected chi connectivity index (χ2v) is 8.90. The average Bonchev–Trinajstić information content (AvgIpc) is 3.46. The molecule has 5 rings (SSSR count). The van der Waals surface area contributed by atoms with E-state index in [0.717, 1.165) is 0 Å². The molecule has 4 N–H and O–H groups in total. The predicted molar refractivity (Wildman–Crippen MR) is 127 cm³/mol. The third-order valence-electron chi connectivity index (χ3n) is 6.18. The summed E-state index contributed by atoms with van der Waals surface area (Å²) in [6.07, 6.45) is 1.24. The van der Waals surface area contributed by atoms with Gasteiger partial charge in [-0.1, -0.05) is 23.7 Å². The lowest BCUT2D eigenvalue weighted by Gasteiger charge is -2.21. The number of aromatic nitrogens is 4. The average molecular weight is 517 g/mol. The Labute approximate surface area is 205 Å². The van der Waals surface area contributed by atoms with Crippen LogP contribution in [0.4, 0.5) is 8.78 Å². The third-order valence-corrected chi connectivity index (χ3v) is 6.47. The Morgan fingerprint density at radius 2 is 2.03 bits per heavy atom. The van der Waals surface area contributed by atoms with Crippen molar-refractivity contribution in [2.45, 2.75) is 31.1 Å². The van der Waals surface area contributed by atoms with Gasteiger partial charge in [-0.3, -0.25) is 24.7 Å². The van der Waals surface area contributed by atoms with E-state index in [1.165, 1.54) is 35.2 Å². The molecule has 36 heavy (non-hydrogen) atoms. The zero-order valence-electron chi connectivity index (χ0n) is 18.5. The monoisotopic (exact) mass is 516 g/mol. The van der Waals surface area contributed by atoms with Crippen LogP contribution in [0.3, 0.4) is 0 Å².